The summed E-state index contributed by atoms with van der Waals surface area (Å²) in [7, 11) is -3.68. The fraction of sp³-hybridized carbons (Fsp3) is 0.0625. The van der Waals surface area contributed by atoms with E-state index >= 15 is 0 Å². The zero-order valence-corrected chi connectivity index (χ0v) is 12.6. The highest BCUT2D eigenvalue weighted by Gasteiger charge is 2.18. The summed E-state index contributed by atoms with van der Waals surface area (Å²) in [6.07, 6.45) is 1.38. The quantitative estimate of drug-likeness (QED) is 0.805. The zero-order valence-electron chi connectivity index (χ0n) is 11.0. The normalized spacial score (nSPS) is 11.9. The molecule has 5 heteroatoms. The number of rotatable bonds is 4. The second-order valence-corrected chi connectivity index (χ2v) is 6.81. The van der Waals surface area contributed by atoms with E-state index in [2.05, 4.69) is 0 Å². The number of hydrogen-bond donors (Lipinski definition) is 0. The number of nitrogens with zero attached hydrogens (tertiary/aromatic N) is 1. The monoisotopic (exact) mass is 317 g/mol. The SMILES string of the molecule is N#CC(=Cc1ccccc1)S(=O)(=O)Cc1ccc(Cl)cc1. The summed E-state index contributed by atoms with van der Waals surface area (Å²) in [6.45, 7) is 0. The van der Waals surface area contributed by atoms with Crippen LogP contribution in [-0.4, -0.2) is 8.42 Å². The lowest BCUT2D eigenvalue weighted by molar-refractivity contribution is 0.602. The van der Waals surface area contributed by atoms with Gasteiger partial charge in [0.1, 0.15) is 11.0 Å². The van der Waals surface area contributed by atoms with Crippen LogP contribution >= 0.6 is 11.6 Å². The molecule has 0 spiro atoms. The largest absolute Gasteiger partial charge is 0.223 e. The molecule has 0 saturated heterocycles. The van der Waals surface area contributed by atoms with Gasteiger partial charge >= 0.3 is 0 Å². The molecule has 21 heavy (non-hydrogen) atoms. The standard InChI is InChI=1S/C16H12ClNO2S/c17-15-8-6-14(7-9-15)12-21(19,20)16(11-18)10-13-4-2-1-3-5-13/h1-10H,12H2. The molecule has 0 unspecified atom stereocenters. The Morgan fingerprint density at radius 1 is 1.10 bits per heavy atom. The van der Waals surface area contributed by atoms with Crippen LogP contribution < -0.4 is 0 Å². The van der Waals surface area contributed by atoms with Gasteiger partial charge in [-0.25, -0.2) is 8.42 Å². The fourth-order valence-corrected chi connectivity index (χ4v) is 3.14. The lowest BCUT2D eigenvalue weighted by Gasteiger charge is -2.04. The van der Waals surface area contributed by atoms with Crippen molar-refractivity contribution in [3.63, 3.8) is 0 Å². The summed E-state index contributed by atoms with van der Waals surface area (Å²) in [4.78, 5) is -0.247. The van der Waals surface area contributed by atoms with Crippen LogP contribution in [0.2, 0.25) is 5.02 Å². The van der Waals surface area contributed by atoms with E-state index in [4.69, 9.17) is 16.9 Å². The Hall–Kier alpha value is -2.09. The average molecular weight is 318 g/mol. The van der Waals surface area contributed by atoms with Crippen LogP contribution in [0.15, 0.2) is 59.5 Å². The van der Waals surface area contributed by atoms with Crippen LogP contribution in [0.25, 0.3) is 6.08 Å². The summed E-state index contributed by atoms with van der Waals surface area (Å²) in [5.41, 5.74) is 1.27. The average Bonchev–Trinajstić information content (AvgIpc) is 2.48. The molecule has 0 aromatic heterocycles. The van der Waals surface area contributed by atoms with E-state index in [1.165, 1.54) is 6.08 Å². The van der Waals surface area contributed by atoms with E-state index in [0.29, 0.717) is 16.1 Å². The third-order valence-corrected chi connectivity index (χ3v) is 4.66. The van der Waals surface area contributed by atoms with E-state index in [-0.39, 0.29) is 10.7 Å². The van der Waals surface area contributed by atoms with Gasteiger partial charge in [0.25, 0.3) is 0 Å². The maximum Gasteiger partial charge on any atom is 0.192 e. The van der Waals surface area contributed by atoms with E-state index in [1.54, 1.807) is 54.6 Å². The topological polar surface area (TPSA) is 57.9 Å². The third-order valence-electron chi connectivity index (χ3n) is 2.81. The first-order valence-corrected chi connectivity index (χ1v) is 8.18. The molecule has 0 radical (unpaired) electrons. The molecule has 106 valence electrons. The van der Waals surface area contributed by atoms with Crippen LogP contribution in [0.4, 0.5) is 0 Å². The third kappa shape index (κ3) is 4.19. The van der Waals surface area contributed by atoms with Gasteiger partial charge in [0.15, 0.2) is 9.84 Å². The van der Waals surface area contributed by atoms with Gasteiger partial charge < -0.3 is 0 Å². The van der Waals surface area contributed by atoms with E-state index in [1.807, 2.05) is 6.07 Å². The minimum Gasteiger partial charge on any atom is -0.223 e. The van der Waals surface area contributed by atoms with Crippen molar-refractivity contribution in [2.75, 3.05) is 0 Å². The first kappa shape index (κ1) is 15.3. The first-order chi connectivity index (χ1) is 10.0. The van der Waals surface area contributed by atoms with Gasteiger partial charge in [-0.2, -0.15) is 5.26 Å². The van der Waals surface area contributed by atoms with Crippen molar-refractivity contribution in [1.82, 2.24) is 0 Å². The number of sulfone groups is 1. The second kappa shape index (κ2) is 6.57. The molecule has 0 saturated carbocycles. The number of nitriles is 1. The molecular formula is C16H12ClNO2S. The highest BCUT2D eigenvalue weighted by molar-refractivity contribution is 7.95. The molecule has 0 heterocycles. The van der Waals surface area contributed by atoms with Crippen LogP contribution in [0, 0.1) is 11.3 Å². The number of hydrogen-bond acceptors (Lipinski definition) is 3. The molecule has 0 amide bonds. The highest BCUT2D eigenvalue weighted by Crippen LogP contribution is 2.18. The van der Waals surface area contributed by atoms with Gasteiger partial charge in [-0.3, -0.25) is 0 Å². The van der Waals surface area contributed by atoms with Crippen molar-refractivity contribution in [2.45, 2.75) is 5.75 Å². The zero-order chi connectivity index (χ0) is 15.3. The number of halogens is 1. The van der Waals surface area contributed by atoms with Crippen molar-refractivity contribution in [2.24, 2.45) is 0 Å². The Balaban J connectivity index is 2.31. The van der Waals surface area contributed by atoms with Crippen molar-refractivity contribution in [3.8, 4) is 6.07 Å². The van der Waals surface area contributed by atoms with E-state index < -0.39 is 9.84 Å². The van der Waals surface area contributed by atoms with Gasteiger partial charge in [-0.15, -0.1) is 0 Å². The first-order valence-electron chi connectivity index (χ1n) is 6.15. The van der Waals surface area contributed by atoms with E-state index in [0.717, 1.165) is 0 Å². The Morgan fingerprint density at radius 3 is 2.29 bits per heavy atom. The molecular weight excluding hydrogens is 306 g/mol. The lowest BCUT2D eigenvalue weighted by atomic mass is 10.2. The number of benzene rings is 2. The van der Waals surface area contributed by atoms with Gasteiger partial charge in [0.2, 0.25) is 0 Å². The summed E-state index contributed by atoms with van der Waals surface area (Å²) in [5, 5.41) is 9.66. The van der Waals surface area contributed by atoms with Gasteiger partial charge in [0.05, 0.1) is 5.75 Å². The summed E-state index contributed by atoms with van der Waals surface area (Å²) >= 11 is 5.77. The Kier molecular flexibility index (Phi) is 4.79. The smallest absolute Gasteiger partial charge is 0.192 e. The predicted octanol–water partition coefficient (Wildman–Crippen LogP) is 3.82. The van der Waals surface area contributed by atoms with Crippen LogP contribution in [-0.2, 0) is 15.6 Å². The molecule has 0 aliphatic rings. The van der Waals surface area contributed by atoms with Gasteiger partial charge in [-0.05, 0) is 29.3 Å². The van der Waals surface area contributed by atoms with Crippen LogP contribution in [0.1, 0.15) is 11.1 Å². The summed E-state index contributed by atoms with van der Waals surface area (Å²) in [5.74, 6) is -0.226. The maximum absolute atomic E-state index is 12.3. The molecule has 2 rings (SSSR count). The molecule has 2 aromatic rings. The molecule has 0 aliphatic heterocycles. The van der Waals surface area contributed by atoms with Crippen molar-refractivity contribution < 1.29 is 8.42 Å². The molecule has 0 atom stereocenters. The predicted molar refractivity (Wildman–Crippen MR) is 84.1 cm³/mol. The maximum atomic E-state index is 12.3. The minimum absolute atomic E-state index is 0.226. The van der Waals surface area contributed by atoms with Crippen molar-refractivity contribution in [3.05, 3.63) is 75.7 Å². The van der Waals surface area contributed by atoms with Crippen molar-refractivity contribution >= 4 is 27.5 Å². The Bertz CT molecular complexity index is 788. The molecule has 0 N–H and O–H groups in total. The molecule has 2 aromatic carbocycles. The van der Waals surface area contributed by atoms with Gasteiger partial charge in [0, 0.05) is 5.02 Å². The summed E-state index contributed by atoms with van der Waals surface area (Å²) < 4.78 is 24.6. The molecule has 0 fully saturated rings. The fourth-order valence-electron chi connectivity index (χ4n) is 1.77. The molecule has 0 bridgehead atoms. The number of allylic oxidation sites excluding steroid dienone is 1. The highest BCUT2D eigenvalue weighted by atomic mass is 35.5. The van der Waals surface area contributed by atoms with Crippen LogP contribution in [0.5, 0.6) is 0 Å². The van der Waals surface area contributed by atoms with Crippen LogP contribution in [0.3, 0.4) is 0 Å². The minimum atomic E-state index is -3.68. The molecule has 3 nitrogen and oxygen atoms in total. The lowest BCUT2D eigenvalue weighted by Crippen LogP contribution is -2.06. The second-order valence-electron chi connectivity index (χ2n) is 4.42. The van der Waals surface area contributed by atoms with Gasteiger partial charge in [-0.1, -0.05) is 54.1 Å². The Morgan fingerprint density at radius 2 is 1.71 bits per heavy atom. The molecule has 0 aliphatic carbocycles. The van der Waals surface area contributed by atoms with Crippen molar-refractivity contribution in [1.29, 1.82) is 5.26 Å². The van der Waals surface area contributed by atoms with E-state index in [9.17, 15) is 8.42 Å². The summed E-state index contributed by atoms with van der Waals surface area (Å²) in [6, 6.07) is 17.2. The Labute approximate surface area is 129 Å².